The zero-order valence-corrected chi connectivity index (χ0v) is 14.9. The van der Waals surface area contributed by atoms with Gasteiger partial charge in [0.2, 0.25) is 5.28 Å². The van der Waals surface area contributed by atoms with Gasteiger partial charge in [-0.1, -0.05) is 19.9 Å². The number of anilines is 2. The quantitative estimate of drug-likeness (QED) is 0.600. The molecular weight excluding hydrogens is 358 g/mol. The average Bonchev–Trinajstić information content (AvgIpc) is 2.86. The van der Waals surface area contributed by atoms with Crippen LogP contribution in [0.2, 0.25) is 5.28 Å². The van der Waals surface area contributed by atoms with Crippen molar-refractivity contribution in [2.45, 2.75) is 19.3 Å². The number of pyridine rings is 1. The number of aromatic nitrogens is 3. The van der Waals surface area contributed by atoms with Gasteiger partial charge in [-0.2, -0.15) is 0 Å². The summed E-state index contributed by atoms with van der Waals surface area (Å²) in [6.45, 7) is 4.74. The topological polar surface area (TPSA) is 41.9 Å². The number of rotatable bonds is 2. The van der Waals surface area contributed by atoms with Crippen LogP contribution in [-0.2, 0) is 5.41 Å². The monoisotopic (exact) mass is 372 g/mol. The summed E-state index contributed by atoms with van der Waals surface area (Å²) in [5.74, 6) is -0.633. The molecule has 1 aliphatic heterocycles. The van der Waals surface area contributed by atoms with Gasteiger partial charge in [0.1, 0.15) is 17.5 Å². The molecular formula is C19H15ClF2N4. The standard InChI is InChI=1S/C19H15ClF2N4/c1-19(2)10-26(15-6-7-23-18(20)25-15)14-8-11(9-24-17(14)19)16-12(21)4-3-5-13(16)22/h3-9H,10H2,1-2H3. The number of benzene rings is 1. The summed E-state index contributed by atoms with van der Waals surface area (Å²) in [5.41, 5.74) is 1.63. The van der Waals surface area contributed by atoms with Crippen LogP contribution < -0.4 is 4.90 Å². The minimum Gasteiger partial charge on any atom is -0.324 e. The van der Waals surface area contributed by atoms with Gasteiger partial charge in [-0.15, -0.1) is 0 Å². The van der Waals surface area contributed by atoms with Crippen LogP contribution in [0.15, 0.2) is 42.7 Å². The SMILES string of the molecule is CC1(C)CN(c2ccnc(Cl)n2)c2cc(-c3c(F)cccc3F)cnc21. The van der Waals surface area contributed by atoms with Crippen LogP contribution in [-0.4, -0.2) is 21.5 Å². The molecule has 26 heavy (non-hydrogen) atoms. The molecule has 3 heterocycles. The molecule has 0 fully saturated rings. The molecule has 2 aromatic heterocycles. The molecule has 0 bridgehead atoms. The Kier molecular flexibility index (Phi) is 3.88. The highest BCUT2D eigenvalue weighted by Crippen LogP contribution is 2.44. The van der Waals surface area contributed by atoms with E-state index in [-0.39, 0.29) is 16.3 Å². The molecule has 0 saturated heterocycles. The number of nitrogens with zero attached hydrogens (tertiary/aromatic N) is 4. The van der Waals surface area contributed by atoms with E-state index in [1.807, 2.05) is 4.90 Å². The maximum atomic E-state index is 14.2. The maximum Gasteiger partial charge on any atom is 0.224 e. The fourth-order valence-electron chi connectivity index (χ4n) is 3.33. The molecule has 0 spiro atoms. The summed E-state index contributed by atoms with van der Waals surface area (Å²) < 4.78 is 28.4. The Labute approximate surface area is 154 Å². The van der Waals surface area contributed by atoms with Gasteiger partial charge in [-0.25, -0.2) is 18.7 Å². The van der Waals surface area contributed by atoms with Gasteiger partial charge < -0.3 is 4.90 Å². The second-order valence-electron chi connectivity index (χ2n) is 6.84. The molecule has 0 amide bonds. The van der Waals surface area contributed by atoms with E-state index in [9.17, 15) is 8.78 Å². The van der Waals surface area contributed by atoms with Crippen molar-refractivity contribution in [2.24, 2.45) is 0 Å². The Morgan fingerprint density at radius 2 is 1.85 bits per heavy atom. The van der Waals surface area contributed by atoms with Crippen LogP contribution >= 0.6 is 11.6 Å². The van der Waals surface area contributed by atoms with Crippen LogP contribution in [0.4, 0.5) is 20.3 Å². The van der Waals surface area contributed by atoms with Crippen molar-refractivity contribution in [1.29, 1.82) is 0 Å². The lowest BCUT2D eigenvalue weighted by atomic mass is 9.91. The predicted molar refractivity (Wildman–Crippen MR) is 96.7 cm³/mol. The van der Waals surface area contributed by atoms with Gasteiger partial charge in [0, 0.05) is 29.9 Å². The van der Waals surface area contributed by atoms with Crippen LogP contribution in [0.5, 0.6) is 0 Å². The number of halogens is 3. The summed E-state index contributed by atoms with van der Waals surface area (Å²) >= 11 is 5.93. The lowest BCUT2D eigenvalue weighted by Crippen LogP contribution is -2.25. The molecule has 4 rings (SSSR count). The first-order chi connectivity index (χ1) is 12.4. The first-order valence-corrected chi connectivity index (χ1v) is 8.45. The smallest absolute Gasteiger partial charge is 0.224 e. The van der Waals surface area contributed by atoms with Crippen LogP contribution in [0.3, 0.4) is 0 Å². The summed E-state index contributed by atoms with van der Waals surface area (Å²) in [6, 6.07) is 7.30. The highest BCUT2D eigenvalue weighted by molar-refractivity contribution is 6.28. The maximum absolute atomic E-state index is 14.2. The molecule has 0 radical (unpaired) electrons. The zero-order chi connectivity index (χ0) is 18.5. The Balaban J connectivity index is 1.89. The van der Waals surface area contributed by atoms with Crippen molar-refractivity contribution < 1.29 is 8.78 Å². The van der Waals surface area contributed by atoms with Crippen molar-refractivity contribution in [3.05, 3.63) is 65.3 Å². The zero-order valence-electron chi connectivity index (χ0n) is 14.2. The van der Waals surface area contributed by atoms with E-state index in [4.69, 9.17) is 11.6 Å². The number of hydrogen-bond acceptors (Lipinski definition) is 4. The van der Waals surface area contributed by atoms with Crippen molar-refractivity contribution >= 4 is 23.1 Å². The molecule has 3 aromatic rings. The first kappa shape index (κ1) is 16.8. The molecule has 0 aliphatic carbocycles. The highest BCUT2D eigenvalue weighted by Gasteiger charge is 2.38. The molecule has 132 valence electrons. The van der Waals surface area contributed by atoms with E-state index in [1.54, 1.807) is 18.3 Å². The molecule has 0 atom stereocenters. The summed E-state index contributed by atoms with van der Waals surface area (Å²) in [7, 11) is 0. The Morgan fingerprint density at radius 1 is 1.12 bits per heavy atom. The Morgan fingerprint density at radius 3 is 2.54 bits per heavy atom. The van der Waals surface area contributed by atoms with Crippen molar-refractivity contribution in [3.8, 4) is 11.1 Å². The van der Waals surface area contributed by atoms with E-state index < -0.39 is 11.6 Å². The van der Waals surface area contributed by atoms with E-state index in [1.165, 1.54) is 24.4 Å². The summed E-state index contributed by atoms with van der Waals surface area (Å²) in [5, 5.41) is 0.137. The van der Waals surface area contributed by atoms with E-state index in [0.29, 0.717) is 17.9 Å². The van der Waals surface area contributed by atoms with E-state index in [2.05, 4.69) is 28.8 Å². The first-order valence-electron chi connectivity index (χ1n) is 8.08. The predicted octanol–water partition coefficient (Wildman–Crippen LogP) is 4.90. The minimum atomic E-state index is -0.624. The van der Waals surface area contributed by atoms with E-state index in [0.717, 1.165) is 11.4 Å². The fraction of sp³-hybridized carbons (Fsp3) is 0.211. The van der Waals surface area contributed by atoms with Crippen molar-refractivity contribution in [1.82, 2.24) is 15.0 Å². The minimum absolute atomic E-state index is 0.0897. The van der Waals surface area contributed by atoms with Crippen molar-refractivity contribution in [2.75, 3.05) is 11.4 Å². The third-order valence-corrected chi connectivity index (χ3v) is 4.67. The molecule has 0 saturated carbocycles. The van der Waals surface area contributed by atoms with Crippen LogP contribution in [0.25, 0.3) is 11.1 Å². The highest BCUT2D eigenvalue weighted by atomic mass is 35.5. The molecule has 1 aliphatic rings. The summed E-state index contributed by atoms with van der Waals surface area (Å²) in [4.78, 5) is 14.6. The Bertz CT molecular complexity index is 986. The molecule has 7 heteroatoms. The van der Waals surface area contributed by atoms with Gasteiger partial charge in [0.15, 0.2) is 0 Å². The van der Waals surface area contributed by atoms with Crippen LogP contribution in [0, 0.1) is 11.6 Å². The second kappa shape index (κ2) is 5.99. The van der Waals surface area contributed by atoms with Gasteiger partial charge in [-0.05, 0) is 35.9 Å². The third-order valence-electron chi connectivity index (χ3n) is 4.49. The number of hydrogen-bond donors (Lipinski definition) is 0. The lowest BCUT2D eigenvalue weighted by molar-refractivity contribution is 0.552. The van der Waals surface area contributed by atoms with Gasteiger partial charge in [0.05, 0.1) is 16.9 Å². The molecule has 4 nitrogen and oxygen atoms in total. The third kappa shape index (κ3) is 2.70. The molecule has 1 aromatic carbocycles. The largest absolute Gasteiger partial charge is 0.324 e. The molecule has 0 N–H and O–H groups in total. The van der Waals surface area contributed by atoms with E-state index >= 15 is 0 Å². The van der Waals surface area contributed by atoms with Gasteiger partial charge in [-0.3, -0.25) is 4.98 Å². The number of fused-ring (bicyclic) bond motifs is 1. The Hall–Kier alpha value is -2.60. The lowest BCUT2D eigenvalue weighted by Gasteiger charge is -2.21. The average molecular weight is 373 g/mol. The summed E-state index contributed by atoms with van der Waals surface area (Å²) in [6.07, 6.45) is 3.09. The fourth-order valence-corrected chi connectivity index (χ4v) is 3.47. The normalized spacial score (nSPS) is 15.2. The van der Waals surface area contributed by atoms with Crippen LogP contribution in [0.1, 0.15) is 19.5 Å². The molecule has 0 unspecified atom stereocenters. The van der Waals surface area contributed by atoms with Gasteiger partial charge in [0.25, 0.3) is 0 Å². The second-order valence-corrected chi connectivity index (χ2v) is 7.18. The van der Waals surface area contributed by atoms with Crippen molar-refractivity contribution in [3.63, 3.8) is 0 Å². The van der Waals surface area contributed by atoms with Gasteiger partial charge >= 0.3 is 0 Å².